The molecular weight excluding hydrogens is 318 g/mol. The van der Waals surface area contributed by atoms with Crippen LogP contribution in [0, 0.1) is 5.92 Å². The summed E-state index contributed by atoms with van der Waals surface area (Å²) in [5, 5.41) is 11.3. The molecule has 5 nitrogen and oxygen atoms in total. The first-order chi connectivity index (χ1) is 11.9. The van der Waals surface area contributed by atoms with Crippen LogP contribution in [0.5, 0.6) is 0 Å². The summed E-state index contributed by atoms with van der Waals surface area (Å²) in [5.41, 5.74) is 2.29. The second kappa shape index (κ2) is 7.23. The number of aromatic nitrogens is 4. The predicted molar refractivity (Wildman–Crippen MR) is 95.6 cm³/mol. The molecule has 0 unspecified atom stereocenters. The molecule has 1 aliphatic heterocycles. The third-order valence-corrected chi connectivity index (χ3v) is 5.44. The minimum Gasteiger partial charge on any atom is -0.297 e. The minimum atomic E-state index is 0.708. The third-order valence-electron chi connectivity index (χ3n) is 4.60. The van der Waals surface area contributed by atoms with Crippen LogP contribution >= 0.6 is 11.3 Å². The van der Waals surface area contributed by atoms with Crippen molar-refractivity contribution >= 4 is 11.3 Å². The van der Waals surface area contributed by atoms with E-state index in [1.54, 1.807) is 17.5 Å². The lowest BCUT2D eigenvalue weighted by Gasteiger charge is -2.31. The van der Waals surface area contributed by atoms with Crippen molar-refractivity contribution in [2.75, 3.05) is 13.1 Å². The highest BCUT2D eigenvalue weighted by molar-refractivity contribution is 7.09. The first kappa shape index (κ1) is 15.5. The lowest BCUT2D eigenvalue weighted by atomic mass is 9.97. The molecule has 1 aromatic carbocycles. The van der Waals surface area contributed by atoms with Crippen molar-refractivity contribution in [2.45, 2.75) is 25.9 Å². The molecule has 0 atom stereocenters. The molecule has 4 rings (SSSR count). The van der Waals surface area contributed by atoms with Crippen LogP contribution in [0.2, 0.25) is 0 Å². The fourth-order valence-electron chi connectivity index (χ4n) is 3.24. The molecule has 0 amide bonds. The number of hydrogen-bond acceptors (Lipinski definition) is 5. The van der Waals surface area contributed by atoms with Crippen molar-refractivity contribution in [3.63, 3.8) is 0 Å². The quantitative estimate of drug-likeness (QED) is 0.715. The highest BCUT2D eigenvalue weighted by Crippen LogP contribution is 2.24. The van der Waals surface area contributed by atoms with E-state index in [1.807, 2.05) is 16.9 Å². The van der Waals surface area contributed by atoms with Crippen LogP contribution in [-0.4, -0.2) is 38.0 Å². The first-order valence-corrected chi connectivity index (χ1v) is 9.31. The zero-order valence-electron chi connectivity index (χ0n) is 13.6. The van der Waals surface area contributed by atoms with E-state index in [1.165, 1.54) is 23.4 Å². The van der Waals surface area contributed by atoms with Crippen LogP contribution in [0.3, 0.4) is 0 Å². The van der Waals surface area contributed by atoms with Gasteiger partial charge in [-0.15, -0.1) is 16.4 Å². The maximum atomic E-state index is 4.81. The summed E-state index contributed by atoms with van der Waals surface area (Å²) in [6.45, 7) is 4.23. The molecule has 3 heterocycles. The number of nitrogens with zero attached hydrogens (tertiary/aromatic N) is 5. The van der Waals surface area contributed by atoms with Crippen molar-refractivity contribution in [1.29, 1.82) is 0 Å². The van der Waals surface area contributed by atoms with Crippen LogP contribution in [-0.2, 0) is 13.1 Å². The maximum absolute atomic E-state index is 4.81. The maximum Gasteiger partial charge on any atom is 0.107 e. The Hall–Kier alpha value is -2.05. The van der Waals surface area contributed by atoms with Crippen LogP contribution in [0.4, 0.5) is 0 Å². The summed E-state index contributed by atoms with van der Waals surface area (Å²) in [6, 6.07) is 10.4. The molecule has 0 N–H and O–H groups in total. The summed E-state index contributed by atoms with van der Waals surface area (Å²) < 4.78 is 1.95. The number of rotatable bonds is 5. The van der Waals surface area contributed by atoms with Crippen LogP contribution in [0.15, 0.2) is 48.1 Å². The topological polar surface area (TPSA) is 46.8 Å². The summed E-state index contributed by atoms with van der Waals surface area (Å²) in [5.74, 6) is 0.708. The van der Waals surface area contributed by atoms with E-state index in [0.717, 1.165) is 31.9 Å². The second-order valence-corrected chi connectivity index (χ2v) is 7.28. The number of benzene rings is 1. The molecule has 1 fully saturated rings. The Bertz CT molecular complexity index is 745. The molecule has 1 saturated heterocycles. The zero-order valence-corrected chi connectivity index (χ0v) is 14.4. The van der Waals surface area contributed by atoms with Gasteiger partial charge < -0.3 is 0 Å². The zero-order chi connectivity index (χ0) is 16.2. The van der Waals surface area contributed by atoms with Gasteiger partial charge in [-0.25, -0.2) is 4.98 Å². The number of thiazole rings is 1. The highest BCUT2D eigenvalue weighted by Gasteiger charge is 2.20. The molecule has 6 heteroatoms. The van der Waals surface area contributed by atoms with Crippen molar-refractivity contribution in [2.24, 2.45) is 5.92 Å². The van der Waals surface area contributed by atoms with Gasteiger partial charge in [0.25, 0.3) is 0 Å². The Kier molecular flexibility index (Phi) is 4.66. The summed E-state index contributed by atoms with van der Waals surface area (Å²) >= 11 is 1.77. The third kappa shape index (κ3) is 3.71. The van der Waals surface area contributed by atoms with Gasteiger partial charge in [0.2, 0.25) is 0 Å². The first-order valence-electron chi connectivity index (χ1n) is 8.43. The Labute approximate surface area is 146 Å². The average Bonchev–Trinajstić information content (AvgIpc) is 3.29. The Morgan fingerprint density at radius 2 is 1.96 bits per heavy atom. The SMILES string of the molecule is c1ccc(-c2csc(CN3CCC(Cn4ccnn4)CC3)n2)cc1. The van der Waals surface area contributed by atoms with Crippen LogP contribution in [0.1, 0.15) is 17.8 Å². The lowest BCUT2D eigenvalue weighted by molar-refractivity contribution is 0.164. The van der Waals surface area contributed by atoms with E-state index in [4.69, 9.17) is 4.98 Å². The minimum absolute atomic E-state index is 0.708. The van der Waals surface area contributed by atoms with Crippen molar-refractivity contribution in [1.82, 2.24) is 24.9 Å². The lowest BCUT2D eigenvalue weighted by Crippen LogP contribution is -2.34. The number of likely N-dealkylation sites (tertiary alicyclic amines) is 1. The normalized spacial score (nSPS) is 16.5. The van der Waals surface area contributed by atoms with Gasteiger partial charge in [0, 0.05) is 23.7 Å². The molecule has 0 bridgehead atoms. The molecule has 0 radical (unpaired) electrons. The molecule has 0 saturated carbocycles. The van der Waals surface area contributed by atoms with E-state index >= 15 is 0 Å². The van der Waals surface area contributed by atoms with Gasteiger partial charge in [0.1, 0.15) is 5.01 Å². The van der Waals surface area contributed by atoms with Crippen molar-refractivity contribution < 1.29 is 0 Å². The van der Waals surface area contributed by atoms with E-state index < -0.39 is 0 Å². The molecule has 0 aliphatic carbocycles. The molecule has 3 aromatic rings. The van der Waals surface area contributed by atoms with E-state index in [-0.39, 0.29) is 0 Å². The van der Waals surface area contributed by atoms with E-state index in [2.05, 4.69) is 44.9 Å². The molecular formula is C18H21N5S. The Morgan fingerprint density at radius 1 is 1.12 bits per heavy atom. The largest absolute Gasteiger partial charge is 0.297 e. The van der Waals surface area contributed by atoms with Gasteiger partial charge in [0.15, 0.2) is 0 Å². The molecule has 24 heavy (non-hydrogen) atoms. The molecule has 124 valence electrons. The summed E-state index contributed by atoms with van der Waals surface area (Å²) in [7, 11) is 0. The number of piperidine rings is 1. The molecule has 1 aliphatic rings. The van der Waals surface area contributed by atoms with Gasteiger partial charge in [-0.2, -0.15) is 0 Å². The highest BCUT2D eigenvalue weighted by atomic mass is 32.1. The van der Waals surface area contributed by atoms with E-state index in [0.29, 0.717) is 5.92 Å². The van der Waals surface area contributed by atoms with Crippen LogP contribution in [0.25, 0.3) is 11.3 Å². The monoisotopic (exact) mass is 339 g/mol. The number of hydrogen-bond donors (Lipinski definition) is 0. The van der Waals surface area contributed by atoms with Gasteiger partial charge in [-0.1, -0.05) is 35.5 Å². The Balaban J connectivity index is 1.30. The standard InChI is InChI=1S/C18H21N5S/c1-2-4-16(5-3-1)17-14-24-18(20-17)13-22-9-6-15(7-10-22)12-23-11-8-19-21-23/h1-5,8,11,14-15H,6-7,9-10,12-13H2. The van der Waals surface area contributed by atoms with Crippen molar-refractivity contribution in [3.8, 4) is 11.3 Å². The molecule has 0 spiro atoms. The van der Waals surface area contributed by atoms with Gasteiger partial charge in [-0.05, 0) is 31.8 Å². The van der Waals surface area contributed by atoms with Crippen LogP contribution < -0.4 is 0 Å². The summed E-state index contributed by atoms with van der Waals surface area (Å²) in [6.07, 6.45) is 6.14. The fraction of sp³-hybridized carbons (Fsp3) is 0.389. The Morgan fingerprint density at radius 3 is 2.71 bits per heavy atom. The van der Waals surface area contributed by atoms with Crippen molar-refractivity contribution in [3.05, 3.63) is 53.1 Å². The average molecular weight is 339 g/mol. The van der Waals surface area contributed by atoms with E-state index in [9.17, 15) is 0 Å². The predicted octanol–water partition coefficient (Wildman–Crippen LogP) is 3.31. The van der Waals surface area contributed by atoms with Gasteiger partial charge >= 0.3 is 0 Å². The van der Waals surface area contributed by atoms with Gasteiger partial charge in [0.05, 0.1) is 18.4 Å². The van der Waals surface area contributed by atoms with Gasteiger partial charge in [-0.3, -0.25) is 9.58 Å². The fourth-order valence-corrected chi connectivity index (χ4v) is 4.08. The smallest absolute Gasteiger partial charge is 0.107 e. The summed E-state index contributed by atoms with van der Waals surface area (Å²) in [4.78, 5) is 7.33. The second-order valence-electron chi connectivity index (χ2n) is 6.34. The molecule has 2 aromatic heterocycles.